The van der Waals surface area contributed by atoms with Gasteiger partial charge in [-0.2, -0.15) is 10.2 Å². The van der Waals surface area contributed by atoms with Gasteiger partial charge < -0.3 is 16.2 Å². The summed E-state index contributed by atoms with van der Waals surface area (Å²) >= 11 is 0. The highest BCUT2D eigenvalue weighted by Crippen LogP contribution is 2.15. The standard InChI is InChI=1S/C12H14N6O4/c1-2-18-10(11(13)21)8(4-15-18)16-12(22)7-3-14-17(5-7)6-9(19)20/h3-5H,2,6H2,1H3,(H2,13,21)(H,16,22)(H,19,20). The number of hydrogen-bond donors (Lipinski definition) is 3. The Morgan fingerprint density at radius 3 is 2.64 bits per heavy atom. The predicted molar refractivity (Wildman–Crippen MR) is 74.2 cm³/mol. The first kappa shape index (κ1) is 15.2. The number of hydrogen-bond acceptors (Lipinski definition) is 5. The number of primary amides is 1. The highest BCUT2D eigenvalue weighted by atomic mass is 16.4. The average Bonchev–Trinajstić information content (AvgIpc) is 3.04. The zero-order valence-electron chi connectivity index (χ0n) is 11.7. The fourth-order valence-corrected chi connectivity index (χ4v) is 1.88. The van der Waals surface area contributed by atoms with Crippen LogP contribution in [0, 0.1) is 0 Å². The summed E-state index contributed by atoms with van der Waals surface area (Å²) in [6, 6.07) is 0. The molecular weight excluding hydrogens is 292 g/mol. The zero-order valence-corrected chi connectivity index (χ0v) is 11.7. The predicted octanol–water partition coefficient (Wildman–Crippen LogP) is -0.465. The first-order valence-electron chi connectivity index (χ1n) is 6.33. The molecule has 0 unspecified atom stereocenters. The number of carboxylic acids is 1. The number of aryl methyl sites for hydroxylation is 1. The smallest absolute Gasteiger partial charge is 0.325 e. The van der Waals surface area contributed by atoms with Crippen LogP contribution in [0.3, 0.4) is 0 Å². The number of anilines is 1. The molecule has 22 heavy (non-hydrogen) atoms. The molecule has 0 aliphatic heterocycles. The second-order valence-corrected chi connectivity index (χ2v) is 4.36. The van der Waals surface area contributed by atoms with E-state index in [1.54, 1.807) is 6.92 Å². The van der Waals surface area contributed by atoms with Crippen LogP contribution < -0.4 is 11.1 Å². The minimum atomic E-state index is -1.07. The van der Waals surface area contributed by atoms with E-state index in [0.29, 0.717) is 6.54 Å². The van der Waals surface area contributed by atoms with Crippen molar-refractivity contribution in [2.75, 3.05) is 5.32 Å². The fourth-order valence-electron chi connectivity index (χ4n) is 1.88. The van der Waals surface area contributed by atoms with Crippen molar-refractivity contribution in [1.29, 1.82) is 0 Å². The van der Waals surface area contributed by atoms with E-state index in [1.165, 1.54) is 23.3 Å². The van der Waals surface area contributed by atoms with Crippen LogP contribution in [0.4, 0.5) is 5.69 Å². The number of aromatic nitrogens is 4. The van der Waals surface area contributed by atoms with Crippen molar-refractivity contribution >= 4 is 23.5 Å². The van der Waals surface area contributed by atoms with Crippen molar-refractivity contribution in [3.05, 3.63) is 29.8 Å². The third-order valence-corrected chi connectivity index (χ3v) is 2.81. The lowest BCUT2D eigenvalue weighted by molar-refractivity contribution is -0.137. The summed E-state index contributed by atoms with van der Waals surface area (Å²) in [5.41, 5.74) is 5.71. The molecule has 0 aromatic carbocycles. The van der Waals surface area contributed by atoms with E-state index < -0.39 is 17.8 Å². The molecule has 0 fully saturated rings. The monoisotopic (exact) mass is 306 g/mol. The normalized spacial score (nSPS) is 10.4. The summed E-state index contributed by atoms with van der Waals surface area (Å²) in [6.07, 6.45) is 3.84. The SMILES string of the molecule is CCn1ncc(NC(=O)c2cnn(CC(=O)O)c2)c1C(N)=O. The molecule has 2 aromatic rings. The van der Waals surface area contributed by atoms with Crippen LogP contribution in [0.1, 0.15) is 27.8 Å². The van der Waals surface area contributed by atoms with Gasteiger partial charge in [-0.15, -0.1) is 0 Å². The number of rotatable bonds is 6. The Kier molecular flexibility index (Phi) is 4.20. The molecule has 0 spiro atoms. The lowest BCUT2D eigenvalue weighted by Gasteiger charge is -2.05. The molecule has 2 heterocycles. The topological polar surface area (TPSA) is 145 Å². The second-order valence-electron chi connectivity index (χ2n) is 4.36. The van der Waals surface area contributed by atoms with E-state index in [9.17, 15) is 14.4 Å². The van der Waals surface area contributed by atoms with E-state index in [-0.39, 0.29) is 23.5 Å². The minimum Gasteiger partial charge on any atom is -0.480 e. The molecule has 0 saturated heterocycles. The van der Waals surface area contributed by atoms with Gasteiger partial charge in [-0.05, 0) is 6.92 Å². The molecule has 10 heteroatoms. The van der Waals surface area contributed by atoms with Crippen molar-refractivity contribution in [3.8, 4) is 0 Å². The molecular formula is C12H14N6O4. The maximum Gasteiger partial charge on any atom is 0.325 e. The van der Waals surface area contributed by atoms with Crippen LogP contribution >= 0.6 is 0 Å². The zero-order chi connectivity index (χ0) is 16.3. The van der Waals surface area contributed by atoms with Gasteiger partial charge >= 0.3 is 5.97 Å². The number of carboxylic acid groups (broad SMARTS) is 1. The molecule has 2 rings (SSSR count). The molecule has 2 aromatic heterocycles. The quantitative estimate of drug-likeness (QED) is 0.658. The van der Waals surface area contributed by atoms with Gasteiger partial charge in [-0.25, -0.2) is 0 Å². The average molecular weight is 306 g/mol. The van der Waals surface area contributed by atoms with Crippen molar-refractivity contribution in [2.45, 2.75) is 20.0 Å². The van der Waals surface area contributed by atoms with Crippen LogP contribution in [-0.4, -0.2) is 42.5 Å². The molecule has 4 N–H and O–H groups in total. The molecule has 0 bridgehead atoms. The summed E-state index contributed by atoms with van der Waals surface area (Å²) in [5.74, 6) is -2.33. The highest BCUT2D eigenvalue weighted by Gasteiger charge is 2.18. The van der Waals surface area contributed by atoms with Gasteiger partial charge in [0, 0.05) is 12.7 Å². The minimum absolute atomic E-state index is 0.0915. The Morgan fingerprint density at radius 1 is 1.32 bits per heavy atom. The number of aliphatic carboxylic acids is 1. The van der Waals surface area contributed by atoms with Gasteiger partial charge in [0.2, 0.25) is 0 Å². The van der Waals surface area contributed by atoms with Gasteiger partial charge in [-0.3, -0.25) is 23.7 Å². The van der Waals surface area contributed by atoms with Crippen LogP contribution in [-0.2, 0) is 17.9 Å². The first-order valence-corrected chi connectivity index (χ1v) is 6.33. The Bertz CT molecular complexity index is 732. The number of nitrogens with zero attached hydrogens (tertiary/aromatic N) is 4. The van der Waals surface area contributed by atoms with Crippen LogP contribution in [0.15, 0.2) is 18.6 Å². The molecule has 0 atom stereocenters. The van der Waals surface area contributed by atoms with Crippen LogP contribution in [0.5, 0.6) is 0 Å². The van der Waals surface area contributed by atoms with Crippen molar-refractivity contribution in [2.24, 2.45) is 5.73 Å². The molecule has 2 amide bonds. The molecule has 0 aliphatic rings. The second kappa shape index (κ2) is 6.08. The third-order valence-electron chi connectivity index (χ3n) is 2.81. The molecule has 10 nitrogen and oxygen atoms in total. The van der Waals surface area contributed by atoms with E-state index in [0.717, 1.165) is 4.68 Å². The summed E-state index contributed by atoms with van der Waals surface area (Å²) in [4.78, 5) is 34.1. The summed E-state index contributed by atoms with van der Waals surface area (Å²) in [7, 11) is 0. The van der Waals surface area contributed by atoms with Gasteiger partial charge in [-0.1, -0.05) is 0 Å². The van der Waals surface area contributed by atoms with E-state index in [4.69, 9.17) is 10.8 Å². The highest BCUT2D eigenvalue weighted by molar-refractivity contribution is 6.07. The lowest BCUT2D eigenvalue weighted by atomic mass is 10.3. The van der Waals surface area contributed by atoms with Crippen LogP contribution in [0.25, 0.3) is 0 Å². The number of carbonyl (C=O) groups is 3. The Hall–Kier alpha value is -3.17. The van der Waals surface area contributed by atoms with Crippen molar-refractivity contribution in [3.63, 3.8) is 0 Å². The van der Waals surface area contributed by atoms with Gasteiger partial charge in [0.05, 0.1) is 23.6 Å². The maximum absolute atomic E-state index is 12.1. The van der Waals surface area contributed by atoms with E-state index in [2.05, 4.69) is 15.5 Å². The lowest BCUT2D eigenvalue weighted by Crippen LogP contribution is -2.21. The number of nitrogens with two attached hydrogens (primary N) is 1. The van der Waals surface area contributed by atoms with Gasteiger partial charge in [0.25, 0.3) is 11.8 Å². The van der Waals surface area contributed by atoms with Gasteiger partial charge in [0.15, 0.2) is 0 Å². The molecule has 0 radical (unpaired) electrons. The maximum atomic E-state index is 12.1. The first-order chi connectivity index (χ1) is 10.4. The van der Waals surface area contributed by atoms with Crippen molar-refractivity contribution in [1.82, 2.24) is 19.6 Å². The van der Waals surface area contributed by atoms with E-state index in [1.807, 2.05) is 0 Å². The number of carbonyl (C=O) groups excluding carboxylic acids is 2. The van der Waals surface area contributed by atoms with Crippen molar-refractivity contribution < 1.29 is 19.5 Å². The fraction of sp³-hybridized carbons (Fsp3) is 0.250. The molecule has 116 valence electrons. The van der Waals surface area contributed by atoms with Crippen LogP contribution in [0.2, 0.25) is 0 Å². The largest absolute Gasteiger partial charge is 0.480 e. The summed E-state index contributed by atoms with van der Waals surface area (Å²) in [5, 5.41) is 18.9. The number of nitrogens with one attached hydrogen (secondary N) is 1. The summed E-state index contributed by atoms with van der Waals surface area (Å²) < 4.78 is 2.48. The Balaban J connectivity index is 2.19. The molecule has 0 aliphatic carbocycles. The Labute approximate surface area is 124 Å². The third kappa shape index (κ3) is 3.11. The van der Waals surface area contributed by atoms with Gasteiger partial charge in [0.1, 0.15) is 12.2 Å². The Morgan fingerprint density at radius 2 is 2.05 bits per heavy atom. The van der Waals surface area contributed by atoms with E-state index >= 15 is 0 Å². The molecule has 0 saturated carbocycles. The summed E-state index contributed by atoms with van der Waals surface area (Å²) in [6.45, 7) is 1.85. The number of amides is 2.